The van der Waals surface area contributed by atoms with Gasteiger partial charge in [0.2, 0.25) is 5.95 Å². The highest BCUT2D eigenvalue weighted by Gasteiger charge is 2.21. The van der Waals surface area contributed by atoms with Gasteiger partial charge < -0.3 is 14.5 Å². The predicted molar refractivity (Wildman–Crippen MR) is 92.6 cm³/mol. The second-order valence-electron chi connectivity index (χ2n) is 5.36. The molecule has 0 bridgehead atoms. The van der Waals surface area contributed by atoms with Gasteiger partial charge in [-0.15, -0.1) is 0 Å². The number of piperazine rings is 1. The molecule has 3 aromatic rings. The minimum absolute atomic E-state index is 0.682. The molecule has 1 saturated heterocycles. The normalized spacial score (nSPS) is 15.2. The average Bonchev–Trinajstić information content (AvgIpc) is 3.06. The molecule has 0 unspecified atom stereocenters. The van der Waals surface area contributed by atoms with Crippen molar-refractivity contribution < 1.29 is 4.74 Å². The van der Waals surface area contributed by atoms with Gasteiger partial charge in [-0.3, -0.25) is 0 Å². The lowest BCUT2D eigenvalue weighted by Gasteiger charge is -2.34. The van der Waals surface area contributed by atoms with Crippen molar-refractivity contribution in [3.63, 3.8) is 0 Å². The number of benzene rings is 1. The van der Waals surface area contributed by atoms with Gasteiger partial charge in [-0.25, -0.2) is 15.0 Å². The molecule has 0 aliphatic carbocycles. The van der Waals surface area contributed by atoms with Crippen molar-refractivity contribution in [3.8, 4) is 5.75 Å². The Morgan fingerprint density at radius 3 is 2.39 bits per heavy atom. The molecular weight excluding hydrogens is 310 g/mol. The number of ether oxygens (including phenoxy) is 1. The summed E-state index contributed by atoms with van der Waals surface area (Å²) in [6.45, 7) is 3.63. The van der Waals surface area contributed by atoms with E-state index in [2.05, 4.69) is 38.0 Å². The molecule has 3 heterocycles. The van der Waals surface area contributed by atoms with Gasteiger partial charge in [-0.2, -0.15) is 0 Å². The van der Waals surface area contributed by atoms with Gasteiger partial charge in [-0.1, -0.05) is 23.5 Å². The number of anilines is 2. The third-order valence-electron chi connectivity index (χ3n) is 3.97. The molecule has 2 aromatic heterocycles. The second kappa shape index (κ2) is 6.00. The summed E-state index contributed by atoms with van der Waals surface area (Å²) in [4.78, 5) is 18.0. The summed E-state index contributed by atoms with van der Waals surface area (Å²) in [5.41, 5.74) is 1.08. The summed E-state index contributed by atoms with van der Waals surface area (Å²) in [5, 5.41) is 1.10. The van der Waals surface area contributed by atoms with Crippen LogP contribution < -0.4 is 14.5 Å². The van der Waals surface area contributed by atoms with Gasteiger partial charge >= 0.3 is 0 Å². The monoisotopic (exact) mass is 327 g/mol. The number of hydrogen-bond donors (Lipinski definition) is 0. The number of hydrogen-bond acceptors (Lipinski definition) is 7. The first-order chi connectivity index (χ1) is 11.3. The van der Waals surface area contributed by atoms with Gasteiger partial charge in [0.25, 0.3) is 0 Å². The first kappa shape index (κ1) is 14.2. The molecule has 0 N–H and O–H groups in total. The molecule has 0 atom stereocenters. The first-order valence-corrected chi connectivity index (χ1v) is 8.36. The number of methoxy groups -OCH3 is 1. The number of aromatic nitrogens is 3. The summed E-state index contributed by atoms with van der Waals surface area (Å²) >= 11 is 1.75. The van der Waals surface area contributed by atoms with Crippen molar-refractivity contribution in [2.24, 2.45) is 0 Å². The van der Waals surface area contributed by atoms with Gasteiger partial charge in [0.1, 0.15) is 0 Å². The van der Waals surface area contributed by atoms with Crippen LogP contribution in [0.4, 0.5) is 11.1 Å². The SMILES string of the molecule is COc1cnc(N2CCN(c3nc4ccccc4s3)CC2)nc1. The average molecular weight is 327 g/mol. The second-order valence-corrected chi connectivity index (χ2v) is 6.37. The van der Waals surface area contributed by atoms with Gasteiger partial charge in [-0.05, 0) is 12.1 Å². The number of thiazole rings is 1. The van der Waals surface area contributed by atoms with Crippen LogP contribution in [0.3, 0.4) is 0 Å². The zero-order valence-electron chi connectivity index (χ0n) is 12.8. The summed E-state index contributed by atoms with van der Waals surface area (Å²) in [6, 6.07) is 8.28. The Morgan fingerprint density at radius 2 is 1.70 bits per heavy atom. The maximum atomic E-state index is 5.10. The Kier molecular flexibility index (Phi) is 3.70. The number of para-hydroxylation sites is 1. The molecule has 1 fully saturated rings. The Labute approximate surface area is 138 Å². The van der Waals surface area contributed by atoms with Gasteiger partial charge in [0.15, 0.2) is 10.9 Å². The Hall–Kier alpha value is -2.41. The van der Waals surface area contributed by atoms with E-state index in [1.54, 1.807) is 30.8 Å². The Morgan fingerprint density at radius 1 is 1.00 bits per heavy atom. The third kappa shape index (κ3) is 2.79. The van der Waals surface area contributed by atoms with Crippen LogP contribution in [0.2, 0.25) is 0 Å². The smallest absolute Gasteiger partial charge is 0.225 e. The van der Waals surface area contributed by atoms with Crippen molar-refractivity contribution >= 4 is 32.6 Å². The zero-order chi connectivity index (χ0) is 15.6. The highest BCUT2D eigenvalue weighted by atomic mass is 32.1. The van der Waals surface area contributed by atoms with E-state index in [9.17, 15) is 0 Å². The van der Waals surface area contributed by atoms with Gasteiger partial charge in [0.05, 0.1) is 29.7 Å². The van der Waals surface area contributed by atoms with E-state index in [-0.39, 0.29) is 0 Å². The van der Waals surface area contributed by atoms with Crippen molar-refractivity contribution in [2.45, 2.75) is 0 Å². The lowest BCUT2D eigenvalue weighted by atomic mass is 10.3. The quantitative estimate of drug-likeness (QED) is 0.736. The minimum atomic E-state index is 0.682. The summed E-state index contributed by atoms with van der Waals surface area (Å²) in [5.74, 6) is 1.44. The van der Waals surface area contributed by atoms with E-state index in [1.165, 1.54) is 4.70 Å². The summed E-state index contributed by atoms with van der Waals surface area (Å²) in [7, 11) is 1.62. The van der Waals surface area contributed by atoms with Crippen LogP contribution in [0.5, 0.6) is 5.75 Å². The number of nitrogens with zero attached hydrogens (tertiary/aromatic N) is 5. The predicted octanol–water partition coefficient (Wildman–Crippen LogP) is 2.42. The molecule has 1 aromatic carbocycles. The van der Waals surface area contributed by atoms with Crippen LogP contribution >= 0.6 is 11.3 Å². The maximum Gasteiger partial charge on any atom is 0.225 e. The highest BCUT2D eigenvalue weighted by Crippen LogP contribution is 2.29. The molecule has 4 rings (SSSR count). The first-order valence-electron chi connectivity index (χ1n) is 7.55. The molecule has 0 saturated carbocycles. The van der Waals surface area contributed by atoms with Crippen LogP contribution in [0.1, 0.15) is 0 Å². The van der Waals surface area contributed by atoms with Crippen molar-refractivity contribution in [1.82, 2.24) is 15.0 Å². The van der Waals surface area contributed by atoms with Crippen LogP contribution in [0, 0.1) is 0 Å². The van der Waals surface area contributed by atoms with Crippen LogP contribution in [0.25, 0.3) is 10.2 Å². The maximum absolute atomic E-state index is 5.10. The fourth-order valence-corrected chi connectivity index (χ4v) is 3.69. The third-order valence-corrected chi connectivity index (χ3v) is 5.06. The van der Waals surface area contributed by atoms with E-state index >= 15 is 0 Å². The Balaban J connectivity index is 1.45. The van der Waals surface area contributed by atoms with Crippen molar-refractivity contribution in [1.29, 1.82) is 0 Å². The van der Waals surface area contributed by atoms with Crippen molar-refractivity contribution in [3.05, 3.63) is 36.7 Å². The molecular formula is C16H17N5OS. The van der Waals surface area contributed by atoms with Crippen LogP contribution in [0.15, 0.2) is 36.7 Å². The molecule has 6 nitrogen and oxygen atoms in total. The standard InChI is InChI=1S/C16H17N5OS/c1-22-12-10-17-15(18-11-12)20-6-8-21(9-7-20)16-19-13-4-2-3-5-14(13)23-16/h2-5,10-11H,6-9H2,1H3. The fraction of sp³-hybridized carbons (Fsp3) is 0.312. The minimum Gasteiger partial charge on any atom is -0.494 e. The molecule has 23 heavy (non-hydrogen) atoms. The number of fused-ring (bicyclic) bond motifs is 1. The molecule has 1 aliphatic rings. The molecule has 118 valence electrons. The van der Waals surface area contributed by atoms with Gasteiger partial charge in [0, 0.05) is 26.2 Å². The molecule has 0 radical (unpaired) electrons. The molecule has 7 heteroatoms. The van der Waals surface area contributed by atoms with Crippen LogP contribution in [-0.4, -0.2) is 48.2 Å². The van der Waals surface area contributed by atoms with E-state index in [0.717, 1.165) is 42.8 Å². The van der Waals surface area contributed by atoms with E-state index in [4.69, 9.17) is 9.72 Å². The van der Waals surface area contributed by atoms with Crippen LogP contribution in [-0.2, 0) is 0 Å². The lowest BCUT2D eigenvalue weighted by molar-refractivity contribution is 0.410. The van der Waals surface area contributed by atoms with E-state index < -0.39 is 0 Å². The molecule has 0 spiro atoms. The summed E-state index contributed by atoms with van der Waals surface area (Å²) in [6.07, 6.45) is 3.42. The Bertz CT molecular complexity index is 763. The lowest BCUT2D eigenvalue weighted by Crippen LogP contribution is -2.47. The zero-order valence-corrected chi connectivity index (χ0v) is 13.7. The largest absolute Gasteiger partial charge is 0.494 e. The number of rotatable bonds is 3. The molecule has 0 amide bonds. The fourth-order valence-electron chi connectivity index (χ4n) is 2.67. The topological polar surface area (TPSA) is 54.4 Å². The highest BCUT2D eigenvalue weighted by molar-refractivity contribution is 7.22. The van der Waals surface area contributed by atoms with E-state index in [0.29, 0.717) is 5.75 Å². The van der Waals surface area contributed by atoms with E-state index in [1.807, 2.05) is 6.07 Å². The summed E-state index contributed by atoms with van der Waals surface area (Å²) < 4.78 is 6.34. The molecule has 1 aliphatic heterocycles. The van der Waals surface area contributed by atoms with Crippen molar-refractivity contribution in [2.75, 3.05) is 43.1 Å².